The first-order valence-electron chi connectivity index (χ1n) is 6.56. The summed E-state index contributed by atoms with van der Waals surface area (Å²) in [7, 11) is 0. The molecule has 0 saturated heterocycles. The quantitative estimate of drug-likeness (QED) is 0.904. The zero-order valence-electron chi connectivity index (χ0n) is 12.3. The van der Waals surface area contributed by atoms with Gasteiger partial charge >= 0.3 is 0 Å². The third-order valence-corrected chi connectivity index (χ3v) is 3.86. The van der Waals surface area contributed by atoms with E-state index >= 15 is 0 Å². The zero-order chi connectivity index (χ0) is 14.7. The van der Waals surface area contributed by atoms with Gasteiger partial charge in [0, 0.05) is 10.9 Å². The minimum absolute atomic E-state index is 0. The number of benzene rings is 1. The molecule has 0 aliphatic carbocycles. The van der Waals surface area contributed by atoms with Crippen molar-refractivity contribution in [3.63, 3.8) is 0 Å². The number of thiazole rings is 1. The number of carbonyl (C=O) groups is 1. The van der Waals surface area contributed by atoms with E-state index in [0.717, 1.165) is 11.3 Å². The average molecular weight is 326 g/mol. The van der Waals surface area contributed by atoms with Gasteiger partial charge in [-0.3, -0.25) is 4.79 Å². The molecule has 0 aliphatic heterocycles. The second kappa shape index (κ2) is 7.54. The van der Waals surface area contributed by atoms with E-state index in [-0.39, 0.29) is 24.2 Å². The predicted octanol–water partition coefficient (Wildman–Crippen LogP) is 3.46. The number of nitrogens with two attached hydrogens (primary N) is 1. The lowest BCUT2D eigenvalue weighted by molar-refractivity contribution is -0.118. The first-order chi connectivity index (χ1) is 9.47. The van der Waals surface area contributed by atoms with Gasteiger partial charge < -0.3 is 11.1 Å². The Morgan fingerprint density at radius 1 is 1.29 bits per heavy atom. The molecule has 1 atom stereocenters. The summed E-state index contributed by atoms with van der Waals surface area (Å²) in [6.45, 7) is 5.89. The van der Waals surface area contributed by atoms with Crippen LogP contribution in [-0.4, -0.2) is 16.9 Å². The van der Waals surface area contributed by atoms with Gasteiger partial charge in [-0.2, -0.15) is 0 Å². The van der Waals surface area contributed by atoms with Crippen LogP contribution in [0.3, 0.4) is 0 Å². The van der Waals surface area contributed by atoms with Crippen LogP contribution in [-0.2, 0) is 4.79 Å². The molecule has 0 spiro atoms. The summed E-state index contributed by atoms with van der Waals surface area (Å²) in [5.74, 6) is -0.0867. The molecule has 114 valence electrons. The maximum atomic E-state index is 11.9. The van der Waals surface area contributed by atoms with Crippen molar-refractivity contribution in [3.05, 3.63) is 35.2 Å². The van der Waals surface area contributed by atoms with Gasteiger partial charge in [0.2, 0.25) is 5.91 Å². The summed E-state index contributed by atoms with van der Waals surface area (Å²) in [5.41, 5.74) is 8.92. The average Bonchev–Trinajstić information content (AvgIpc) is 2.87. The number of anilines is 1. The van der Waals surface area contributed by atoms with E-state index in [1.165, 1.54) is 16.9 Å². The number of hydrogen-bond donors (Lipinski definition) is 2. The number of nitrogens with zero attached hydrogens (tertiary/aromatic N) is 1. The van der Waals surface area contributed by atoms with E-state index in [1.807, 2.05) is 50.4 Å². The van der Waals surface area contributed by atoms with Gasteiger partial charge in [0.25, 0.3) is 0 Å². The Kier molecular flexibility index (Phi) is 6.33. The van der Waals surface area contributed by atoms with Gasteiger partial charge in [-0.05, 0) is 12.8 Å². The van der Waals surface area contributed by atoms with E-state index in [2.05, 4.69) is 10.3 Å². The second-order valence-corrected chi connectivity index (χ2v) is 6.02. The van der Waals surface area contributed by atoms with Crippen LogP contribution in [0.2, 0.25) is 0 Å². The van der Waals surface area contributed by atoms with Crippen molar-refractivity contribution in [2.75, 3.05) is 5.32 Å². The minimum atomic E-state index is -0.512. The third-order valence-electron chi connectivity index (χ3n) is 3.10. The number of amides is 1. The van der Waals surface area contributed by atoms with Crippen LogP contribution >= 0.6 is 23.7 Å². The van der Waals surface area contributed by atoms with Gasteiger partial charge in [0.15, 0.2) is 5.13 Å². The molecule has 2 aromatic rings. The largest absolute Gasteiger partial charge is 0.320 e. The molecule has 0 saturated carbocycles. The van der Waals surface area contributed by atoms with Crippen molar-refractivity contribution in [2.45, 2.75) is 26.8 Å². The first-order valence-corrected chi connectivity index (χ1v) is 7.44. The van der Waals surface area contributed by atoms with Gasteiger partial charge in [-0.1, -0.05) is 43.7 Å². The van der Waals surface area contributed by atoms with Crippen molar-refractivity contribution < 1.29 is 4.79 Å². The number of carbonyl (C=O) groups excluding carboxylic acids is 1. The SMILES string of the molecule is Cc1ccc(-c2csc(NC(=O)C(N)C(C)C)n2)cc1.Cl. The van der Waals surface area contributed by atoms with Crippen molar-refractivity contribution in [1.82, 2.24) is 4.98 Å². The number of nitrogens with one attached hydrogen (secondary N) is 1. The Morgan fingerprint density at radius 3 is 2.48 bits per heavy atom. The lowest BCUT2D eigenvalue weighted by atomic mass is 10.1. The smallest absolute Gasteiger partial charge is 0.243 e. The maximum absolute atomic E-state index is 11.9. The highest BCUT2D eigenvalue weighted by atomic mass is 35.5. The molecule has 0 fully saturated rings. The summed E-state index contributed by atoms with van der Waals surface area (Å²) in [6, 6.07) is 7.62. The van der Waals surface area contributed by atoms with Crippen molar-refractivity contribution in [3.8, 4) is 11.3 Å². The van der Waals surface area contributed by atoms with E-state index in [4.69, 9.17) is 5.73 Å². The number of hydrogen-bond acceptors (Lipinski definition) is 4. The normalized spacial score (nSPS) is 11.9. The molecule has 0 radical (unpaired) electrons. The lowest BCUT2D eigenvalue weighted by Crippen LogP contribution is -2.39. The van der Waals surface area contributed by atoms with Crippen LogP contribution in [0.4, 0.5) is 5.13 Å². The number of rotatable bonds is 4. The van der Waals surface area contributed by atoms with E-state index < -0.39 is 6.04 Å². The van der Waals surface area contributed by atoms with Crippen LogP contribution in [0.25, 0.3) is 11.3 Å². The second-order valence-electron chi connectivity index (χ2n) is 5.16. The standard InChI is InChI=1S/C15H19N3OS.ClH/c1-9(2)13(16)14(19)18-15-17-12(8-20-15)11-6-4-10(3)5-7-11;/h4-9,13H,16H2,1-3H3,(H,17,18,19);1H. The topological polar surface area (TPSA) is 68.0 Å². The summed E-state index contributed by atoms with van der Waals surface area (Å²) in [5, 5.41) is 5.28. The summed E-state index contributed by atoms with van der Waals surface area (Å²) < 4.78 is 0. The number of halogens is 1. The van der Waals surface area contributed by atoms with E-state index in [9.17, 15) is 4.79 Å². The summed E-state index contributed by atoms with van der Waals surface area (Å²) in [6.07, 6.45) is 0. The number of aromatic nitrogens is 1. The van der Waals surface area contributed by atoms with E-state index in [1.54, 1.807) is 0 Å². The maximum Gasteiger partial charge on any atom is 0.243 e. The molecule has 0 bridgehead atoms. The molecule has 4 nitrogen and oxygen atoms in total. The van der Waals surface area contributed by atoms with Crippen LogP contribution in [0.15, 0.2) is 29.6 Å². The molecule has 21 heavy (non-hydrogen) atoms. The molecule has 1 aromatic heterocycles. The molecule has 6 heteroatoms. The Balaban J connectivity index is 0.00000220. The van der Waals surface area contributed by atoms with E-state index in [0.29, 0.717) is 5.13 Å². The highest BCUT2D eigenvalue weighted by Crippen LogP contribution is 2.25. The monoisotopic (exact) mass is 325 g/mol. The van der Waals surface area contributed by atoms with Gasteiger partial charge in [0.1, 0.15) is 0 Å². The molecular weight excluding hydrogens is 306 g/mol. The molecule has 1 unspecified atom stereocenters. The number of aryl methyl sites for hydroxylation is 1. The van der Waals surface area contributed by atoms with Crippen molar-refractivity contribution in [2.24, 2.45) is 11.7 Å². The molecular formula is C15H20ClN3OS. The van der Waals surface area contributed by atoms with Crippen molar-refractivity contribution >= 4 is 34.8 Å². The van der Waals surface area contributed by atoms with Crippen LogP contribution in [0.5, 0.6) is 0 Å². The Hall–Kier alpha value is -1.43. The lowest BCUT2D eigenvalue weighted by Gasteiger charge is -2.13. The summed E-state index contributed by atoms with van der Waals surface area (Å²) >= 11 is 1.41. The van der Waals surface area contributed by atoms with Crippen LogP contribution in [0.1, 0.15) is 19.4 Å². The molecule has 0 aliphatic rings. The van der Waals surface area contributed by atoms with Crippen molar-refractivity contribution in [1.29, 1.82) is 0 Å². The van der Waals surface area contributed by atoms with Crippen LogP contribution < -0.4 is 11.1 Å². The molecule has 2 rings (SSSR count). The Bertz CT molecular complexity index is 595. The fourth-order valence-corrected chi connectivity index (χ4v) is 2.40. The fraction of sp³-hybridized carbons (Fsp3) is 0.333. The predicted molar refractivity (Wildman–Crippen MR) is 91.0 cm³/mol. The molecule has 1 aromatic carbocycles. The Labute approximate surface area is 135 Å². The summed E-state index contributed by atoms with van der Waals surface area (Å²) in [4.78, 5) is 16.3. The third kappa shape index (κ3) is 4.52. The fourth-order valence-electron chi connectivity index (χ4n) is 1.68. The highest BCUT2D eigenvalue weighted by Gasteiger charge is 2.18. The first kappa shape index (κ1) is 17.6. The van der Waals surface area contributed by atoms with Gasteiger partial charge in [-0.25, -0.2) is 4.98 Å². The Morgan fingerprint density at radius 2 is 1.90 bits per heavy atom. The molecule has 1 amide bonds. The molecule has 1 heterocycles. The minimum Gasteiger partial charge on any atom is -0.320 e. The van der Waals surface area contributed by atoms with Gasteiger partial charge in [-0.15, -0.1) is 23.7 Å². The van der Waals surface area contributed by atoms with Crippen LogP contribution in [0, 0.1) is 12.8 Å². The zero-order valence-corrected chi connectivity index (χ0v) is 13.9. The highest BCUT2D eigenvalue weighted by molar-refractivity contribution is 7.14. The molecule has 3 N–H and O–H groups in total. The van der Waals surface area contributed by atoms with Gasteiger partial charge in [0.05, 0.1) is 11.7 Å².